The molecule has 0 radical (unpaired) electrons. The first-order chi connectivity index (χ1) is 9.72. The number of halogens is 6. The van der Waals surface area contributed by atoms with Crippen LogP contribution in [0.5, 0.6) is 0 Å². The number of nitrogens with one attached hydrogen (secondary N) is 1. The fourth-order valence-electron chi connectivity index (χ4n) is 1.56. The molecular formula is C12H7F6N3. The van der Waals surface area contributed by atoms with Crippen molar-refractivity contribution >= 4 is 5.95 Å². The van der Waals surface area contributed by atoms with E-state index >= 15 is 0 Å². The van der Waals surface area contributed by atoms with Crippen LogP contribution in [0.25, 0.3) is 11.3 Å². The van der Waals surface area contributed by atoms with Gasteiger partial charge in [-0.2, -0.15) is 13.2 Å². The SMILES string of the molecule is CNc1nc(-c2cc(F)c(F)c(F)c2)cc(C(F)(F)F)n1. The molecule has 2 rings (SSSR count). The second kappa shape index (κ2) is 5.23. The third-order valence-electron chi connectivity index (χ3n) is 2.52. The number of nitrogens with zero attached hydrogens (tertiary/aromatic N) is 2. The van der Waals surface area contributed by atoms with Crippen LogP contribution < -0.4 is 5.32 Å². The van der Waals surface area contributed by atoms with Crippen molar-refractivity contribution in [2.24, 2.45) is 0 Å². The summed E-state index contributed by atoms with van der Waals surface area (Å²) in [6, 6.07) is 1.63. The molecular weight excluding hydrogens is 300 g/mol. The van der Waals surface area contributed by atoms with Crippen molar-refractivity contribution in [2.45, 2.75) is 6.18 Å². The van der Waals surface area contributed by atoms with E-state index < -0.39 is 29.3 Å². The Balaban J connectivity index is 2.63. The molecule has 21 heavy (non-hydrogen) atoms. The van der Waals surface area contributed by atoms with Crippen LogP contribution in [-0.4, -0.2) is 17.0 Å². The highest BCUT2D eigenvalue weighted by atomic mass is 19.4. The van der Waals surface area contributed by atoms with Crippen molar-refractivity contribution < 1.29 is 26.3 Å². The van der Waals surface area contributed by atoms with Crippen LogP contribution in [-0.2, 0) is 6.18 Å². The normalized spacial score (nSPS) is 11.6. The molecule has 0 aliphatic heterocycles. The Labute approximate surface area is 114 Å². The molecule has 1 aromatic carbocycles. The Hall–Kier alpha value is -2.32. The third-order valence-corrected chi connectivity index (χ3v) is 2.52. The minimum atomic E-state index is -4.76. The van der Waals surface area contributed by atoms with Crippen LogP contribution in [0.15, 0.2) is 18.2 Å². The maximum atomic E-state index is 13.1. The first-order valence-corrected chi connectivity index (χ1v) is 5.51. The number of hydrogen-bond acceptors (Lipinski definition) is 3. The van der Waals surface area contributed by atoms with Crippen LogP contribution in [0.1, 0.15) is 5.69 Å². The van der Waals surface area contributed by atoms with Crippen LogP contribution in [0.3, 0.4) is 0 Å². The van der Waals surface area contributed by atoms with Gasteiger partial charge in [-0.15, -0.1) is 0 Å². The van der Waals surface area contributed by atoms with Crippen LogP contribution in [0.2, 0.25) is 0 Å². The molecule has 1 heterocycles. The molecule has 0 bridgehead atoms. The Bertz CT molecular complexity index is 660. The van der Waals surface area contributed by atoms with Crippen molar-refractivity contribution in [3.8, 4) is 11.3 Å². The van der Waals surface area contributed by atoms with Crippen molar-refractivity contribution in [1.29, 1.82) is 0 Å². The van der Waals surface area contributed by atoms with E-state index in [2.05, 4.69) is 15.3 Å². The quantitative estimate of drug-likeness (QED) is 0.680. The number of aromatic nitrogens is 2. The molecule has 0 amide bonds. The molecule has 0 aliphatic carbocycles. The van der Waals surface area contributed by atoms with Gasteiger partial charge in [0.15, 0.2) is 23.1 Å². The van der Waals surface area contributed by atoms with E-state index in [-0.39, 0.29) is 17.2 Å². The van der Waals surface area contributed by atoms with Gasteiger partial charge in [-0.25, -0.2) is 23.1 Å². The number of rotatable bonds is 2. The minimum absolute atomic E-state index is 0.337. The van der Waals surface area contributed by atoms with E-state index in [4.69, 9.17) is 0 Å². The highest BCUT2D eigenvalue weighted by molar-refractivity contribution is 5.61. The van der Waals surface area contributed by atoms with Gasteiger partial charge in [-0.1, -0.05) is 0 Å². The molecule has 0 saturated heterocycles. The molecule has 0 unspecified atom stereocenters. The standard InChI is InChI=1S/C12H7F6N3/c1-19-11-20-8(4-9(21-11)12(16,17)18)5-2-6(13)10(15)7(14)3-5/h2-4H,1H3,(H,19,20,21). The lowest BCUT2D eigenvalue weighted by atomic mass is 10.1. The molecule has 0 spiro atoms. The maximum Gasteiger partial charge on any atom is 0.433 e. The zero-order chi connectivity index (χ0) is 15.8. The third kappa shape index (κ3) is 3.06. The second-order valence-corrected chi connectivity index (χ2v) is 3.96. The second-order valence-electron chi connectivity index (χ2n) is 3.96. The zero-order valence-electron chi connectivity index (χ0n) is 10.4. The largest absolute Gasteiger partial charge is 0.433 e. The van der Waals surface area contributed by atoms with Gasteiger partial charge in [0.25, 0.3) is 0 Å². The number of benzene rings is 1. The summed E-state index contributed by atoms with van der Waals surface area (Å²) in [6.45, 7) is 0. The molecule has 2 aromatic rings. The highest BCUT2D eigenvalue weighted by Gasteiger charge is 2.33. The smallest absolute Gasteiger partial charge is 0.357 e. The molecule has 1 N–H and O–H groups in total. The fraction of sp³-hybridized carbons (Fsp3) is 0.167. The van der Waals surface area contributed by atoms with E-state index in [0.717, 1.165) is 0 Å². The van der Waals surface area contributed by atoms with Crippen molar-refractivity contribution in [3.63, 3.8) is 0 Å². The Morgan fingerprint density at radius 3 is 2.00 bits per heavy atom. The molecule has 1 aromatic heterocycles. The van der Waals surface area contributed by atoms with Crippen molar-refractivity contribution in [1.82, 2.24) is 9.97 Å². The van der Waals surface area contributed by atoms with Gasteiger partial charge in [-0.05, 0) is 18.2 Å². The van der Waals surface area contributed by atoms with E-state index in [0.29, 0.717) is 18.2 Å². The molecule has 0 fully saturated rings. The predicted octanol–water partition coefficient (Wildman–Crippen LogP) is 3.62. The summed E-state index contributed by atoms with van der Waals surface area (Å²) in [5, 5.41) is 2.31. The van der Waals surface area contributed by atoms with Crippen molar-refractivity contribution in [2.75, 3.05) is 12.4 Å². The summed E-state index contributed by atoms with van der Waals surface area (Å²) in [5.41, 5.74) is -2.02. The Kier molecular flexibility index (Phi) is 3.75. The fourth-order valence-corrected chi connectivity index (χ4v) is 1.56. The van der Waals surface area contributed by atoms with Crippen LogP contribution >= 0.6 is 0 Å². The molecule has 112 valence electrons. The minimum Gasteiger partial charge on any atom is -0.357 e. The molecule has 3 nitrogen and oxygen atoms in total. The average molecular weight is 307 g/mol. The Morgan fingerprint density at radius 1 is 0.952 bits per heavy atom. The van der Waals surface area contributed by atoms with Crippen LogP contribution in [0, 0.1) is 17.5 Å². The zero-order valence-corrected chi connectivity index (χ0v) is 10.4. The van der Waals surface area contributed by atoms with E-state index in [1.165, 1.54) is 7.05 Å². The van der Waals surface area contributed by atoms with Gasteiger partial charge in [0, 0.05) is 12.6 Å². The average Bonchev–Trinajstić information content (AvgIpc) is 2.42. The summed E-state index contributed by atoms with van der Waals surface area (Å²) >= 11 is 0. The van der Waals surface area contributed by atoms with Gasteiger partial charge in [0.05, 0.1) is 5.69 Å². The van der Waals surface area contributed by atoms with Gasteiger partial charge in [0.1, 0.15) is 0 Å². The van der Waals surface area contributed by atoms with E-state index in [1.807, 2.05) is 0 Å². The Morgan fingerprint density at radius 2 is 1.52 bits per heavy atom. The van der Waals surface area contributed by atoms with Crippen LogP contribution in [0.4, 0.5) is 32.3 Å². The lowest BCUT2D eigenvalue weighted by molar-refractivity contribution is -0.141. The van der Waals surface area contributed by atoms with Gasteiger partial charge in [-0.3, -0.25) is 0 Å². The molecule has 0 atom stereocenters. The number of anilines is 1. The summed E-state index contributed by atoms with van der Waals surface area (Å²) < 4.78 is 77.2. The van der Waals surface area contributed by atoms with Gasteiger partial charge >= 0.3 is 6.18 Å². The molecule has 0 saturated carbocycles. The lowest BCUT2D eigenvalue weighted by Gasteiger charge is -2.10. The number of alkyl halides is 3. The highest BCUT2D eigenvalue weighted by Crippen LogP contribution is 2.31. The summed E-state index contributed by atoms with van der Waals surface area (Å²) in [7, 11) is 1.28. The predicted molar refractivity (Wildman–Crippen MR) is 61.9 cm³/mol. The first kappa shape index (κ1) is 15.1. The summed E-state index contributed by atoms with van der Waals surface area (Å²) in [6.07, 6.45) is -4.76. The summed E-state index contributed by atoms with van der Waals surface area (Å²) in [5.74, 6) is -5.14. The number of hydrogen-bond donors (Lipinski definition) is 1. The van der Waals surface area contributed by atoms with Gasteiger partial charge in [0.2, 0.25) is 5.95 Å². The summed E-state index contributed by atoms with van der Waals surface area (Å²) in [4.78, 5) is 6.87. The topological polar surface area (TPSA) is 37.8 Å². The maximum absolute atomic E-state index is 13.1. The first-order valence-electron chi connectivity index (χ1n) is 5.51. The van der Waals surface area contributed by atoms with E-state index in [9.17, 15) is 26.3 Å². The monoisotopic (exact) mass is 307 g/mol. The van der Waals surface area contributed by atoms with Crippen molar-refractivity contribution in [3.05, 3.63) is 41.3 Å². The van der Waals surface area contributed by atoms with E-state index in [1.54, 1.807) is 0 Å². The lowest BCUT2D eigenvalue weighted by Crippen LogP contribution is -2.11. The molecule has 0 aliphatic rings. The van der Waals surface area contributed by atoms with Gasteiger partial charge < -0.3 is 5.32 Å². The molecule has 9 heteroatoms.